The van der Waals surface area contributed by atoms with Crippen LogP contribution in [0.4, 0.5) is 0 Å². The number of fused-ring (bicyclic) bond motifs is 1. The zero-order valence-corrected chi connectivity index (χ0v) is 18.5. The quantitative estimate of drug-likeness (QED) is 0.566. The number of ether oxygens (including phenoxy) is 1. The number of sulfonamides is 1. The Morgan fingerprint density at radius 3 is 2.81 bits per heavy atom. The van der Waals surface area contributed by atoms with Gasteiger partial charge in [-0.25, -0.2) is 13.4 Å². The van der Waals surface area contributed by atoms with Crippen molar-refractivity contribution in [3.8, 4) is 5.75 Å². The molecular weight excluding hydrogens is 430 g/mol. The first-order valence-electron chi connectivity index (χ1n) is 9.96. The number of imidazole rings is 1. The van der Waals surface area contributed by atoms with Crippen LogP contribution in [0.15, 0.2) is 70.8 Å². The number of hydrogen-bond donors (Lipinski definition) is 2. The fourth-order valence-electron chi connectivity index (χ4n) is 3.53. The fourth-order valence-corrected chi connectivity index (χ4v) is 4.78. The Morgan fingerprint density at radius 1 is 1.25 bits per heavy atom. The minimum Gasteiger partial charge on any atom is -0.497 e. The highest BCUT2D eigenvalue weighted by Crippen LogP contribution is 2.25. The molecule has 0 saturated carbocycles. The van der Waals surface area contributed by atoms with Crippen LogP contribution in [0.1, 0.15) is 29.4 Å². The van der Waals surface area contributed by atoms with E-state index in [1.54, 1.807) is 31.5 Å². The molecule has 4 rings (SSSR count). The number of amidine groups is 1. The van der Waals surface area contributed by atoms with E-state index in [-0.39, 0.29) is 29.6 Å². The monoisotopic (exact) mass is 453 g/mol. The van der Waals surface area contributed by atoms with E-state index in [4.69, 9.17) is 4.74 Å². The van der Waals surface area contributed by atoms with Gasteiger partial charge in [-0.05, 0) is 29.8 Å². The van der Waals surface area contributed by atoms with Gasteiger partial charge in [-0.2, -0.15) is 0 Å². The van der Waals surface area contributed by atoms with Gasteiger partial charge in [0.25, 0.3) is 10.0 Å². The van der Waals surface area contributed by atoms with Crippen molar-refractivity contribution >= 4 is 21.8 Å². The summed E-state index contributed by atoms with van der Waals surface area (Å²) in [5.74, 6) is 1.37. The van der Waals surface area contributed by atoms with Gasteiger partial charge in [0.05, 0.1) is 18.6 Å². The molecular formula is C22H23N5O4S. The second-order valence-electron chi connectivity index (χ2n) is 7.26. The Kier molecular flexibility index (Phi) is 5.95. The predicted molar refractivity (Wildman–Crippen MR) is 119 cm³/mol. The summed E-state index contributed by atoms with van der Waals surface area (Å²) in [6.07, 6.45) is 3.56. The van der Waals surface area contributed by atoms with Crippen LogP contribution < -0.4 is 14.8 Å². The molecule has 0 radical (unpaired) electrons. The molecule has 1 aliphatic heterocycles. The third kappa shape index (κ3) is 4.35. The third-order valence-corrected chi connectivity index (χ3v) is 6.52. The van der Waals surface area contributed by atoms with E-state index in [9.17, 15) is 13.2 Å². The summed E-state index contributed by atoms with van der Waals surface area (Å²) in [4.78, 5) is 21.6. The molecule has 2 N–H and O–H groups in total. The summed E-state index contributed by atoms with van der Waals surface area (Å²) < 4.78 is 34.0. The molecule has 10 heteroatoms. The second-order valence-corrected chi connectivity index (χ2v) is 8.91. The zero-order chi connectivity index (χ0) is 22.7. The van der Waals surface area contributed by atoms with Crippen LogP contribution in [0.5, 0.6) is 5.75 Å². The molecule has 0 saturated heterocycles. The number of amides is 1. The summed E-state index contributed by atoms with van der Waals surface area (Å²) in [6.45, 7) is 0.128. The Bertz CT molecular complexity index is 1280. The molecule has 1 aliphatic rings. The maximum absolute atomic E-state index is 12.7. The van der Waals surface area contributed by atoms with Crippen LogP contribution in [0.2, 0.25) is 0 Å². The van der Waals surface area contributed by atoms with Crippen molar-refractivity contribution in [2.24, 2.45) is 12.0 Å². The number of carbonyl (C=O) groups excluding carboxylic acids is 1. The number of methoxy groups -OCH3 is 1. The number of aryl methyl sites for hydroxylation is 1. The SMILES string of the molecule is COc1cccc([C@H](NC(=O)CCN=C2NS(=O)(=O)c3ccccc32)c2nccn2C)c1. The van der Waals surface area contributed by atoms with Crippen LogP contribution >= 0.6 is 0 Å². The van der Waals surface area contributed by atoms with E-state index in [0.717, 1.165) is 5.56 Å². The summed E-state index contributed by atoms with van der Waals surface area (Å²) in [7, 11) is -0.162. The van der Waals surface area contributed by atoms with Crippen LogP contribution in [0.3, 0.4) is 0 Å². The first-order valence-corrected chi connectivity index (χ1v) is 11.4. The largest absolute Gasteiger partial charge is 0.497 e. The van der Waals surface area contributed by atoms with Gasteiger partial charge < -0.3 is 14.6 Å². The van der Waals surface area contributed by atoms with Crippen molar-refractivity contribution in [1.82, 2.24) is 19.6 Å². The number of hydrogen-bond acceptors (Lipinski definition) is 6. The number of carbonyl (C=O) groups is 1. The Labute approximate surface area is 186 Å². The highest BCUT2D eigenvalue weighted by atomic mass is 32.2. The summed E-state index contributed by atoms with van der Waals surface area (Å²) in [6, 6.07) is 13.6. The van der Waals surface area contributed by atoms with Gasteiger partial charge in [-0.3, -0.25) is 14.5 Å². The van der Waals surface area contributed by atoms with E-state index >= 15 is 0 Å². The van der Waals surface area contributed by atoms with E-state index in [0.29, 0.717) is 17.1 Å². The van der Waals surface area contributed by atoms with Crippen LogP contribution in [0.25, 0.3) is 0 Å². The van der Waals surface area contributed by atoms with Crippen molar-refractivity contribution in [3.05, 3.63) is 77.9 Å². The minimum absolute atomic E-state index is 0.0816. The first kappa shape index (κ1) is 21.6. The van der Waals surface area contributed by atoms with E-state index in [1.165, 1.54) is 6.07 Å². The third-order valence-electron chi connectivity index (χ3n) is 5.12. The lowest BCUT2D eigenvalue weighted by atomic mass is 10.1. The van der Waals surface area contributed by atoms with Gasteiger partial charge in [0, 0.05) is 31.4 Å². The Morgan fingerprint density at radius 2 is 2.06 bits per heavy atom. The second kappa shape index (κ2) is 8.83. The zero-order valence-electron chi connectivity index (χ0n) is 17.6. The number of aliphatic imine (C=N–C) groups is 1. The summed E-state index contributed by atoms with van der Waals surface area (Å²) in [5.41, 5.74) is 1.34. The lowest BCUT2D eigenvalue weighted by Gasteiger charge is -2.19. The average Bonchev–Trinajstić information content (AvgIpc) is 3.32. The number of rotatable bonds is 7. The van der Waals surface area contributed by atoms with Crippen molar-refractivity contribution in [2.75, 3.05) is 13.7 Å². The molecule has 0 bridgehead atoms. The number of nitrogens with zero attached hydrogens (tertiary/aromatic N) is 3. The molecule has 166 valence electrons. The van der Waals surface area contributed by atoms with Gasteiger partial charge >= 0.3 is 0 Å². The Hall–Kier alpha value is -3.66. The van der Waals surface area contributed by atoms with Crippen LogP contribution in [-0.2, 0) is 21.9 Å². The fraction of sp³-hybridized carbons (Fsp3) is 0.227. The maximum atomic E-state index is 12.7. The number of nitrogens with one attached hydrogen (secondary N) is 2. The smallest absolute Gasteiger partial charge is 0.263 e. The van der Waals surface area contributed by atoms with Crippen molar-refractivity contribution < 1.29 is 17.9 Å². The topological polar surface area (TPSA) is 115 Å². The molecule has 1 aromatic heterocycles. The van der Waals surface area contributed by atoms with Crippen molar-refractivity contribution in [1.29, 1.82) is 0 Å². The number of benzene rings is 2. The van der Waals surface area contributed by atoms with Gasteiger partial charge in [0.1, 0.15) is 23.5 Å². The minimum atomic E-state index is -3.61. The van der Waals surface area contributed by atoms with Gasteiger partial charge in [0.2, 0.25) is 5.91 Å². The first-order chi connectivity index (χ1) is 15.4. The van der Waals surface area contributed by atoms with Gasteiger partial charge in [-0.1, -0.05) is 24.3 Å². The normalized spacial score (nSPS) is 16.2. The molecule has 0 aliphatic carbocycles. The standard InChI is InChI=1S/C22H23N5O4S/c1-27-13-12-24-22(27)20(15-6-5-7-16(14-15)31-2)25-19(28)10-11-23-21-17-8-3-4-9-18(17)32(29,30)26-21/h3-9,12-14,20H,10-11H2,1-2H3,(H,23,26)(H,25,28)/t20-/m0/s1. The van der Waals surface area contributed by atoms with E-state index in [1.807, 2.05) is 42.1 Å². The van der Waals surface area contributed by atoms with Crippen LogP contribution in [-0.4, -0.2) is 43.4 Å². The van der Waals surface area contributed by atoms with Crippen molar-refractivity contribution in [2.45, 2.75) is 17.4 Å². The van der Waals surface area contributed by atoms with Crippen molar-refractivity contribution in [3.63, 3.8) is 0 Å². The van der Waals surface area contributed by atoms with E-state index < -0.39 is 16.1 Å². The maximum Gasteiger partial charge on any atom is 0.263 e. The highest BCUT2D eigenvalue weighted by molar-refractivity contribution is 7.90. The number of aromatic nitrogens is 2. The summed E-state index contributed by atoms with van der Waals surface area (Å²) >= 11 is 0. The average molecular weight is 454 g/mol. The molecule has 0 fully saturated rings. The van der Waals surface area contributed by atoms with Gasteiger partial charge in [-0.15, -0.1) is 0 Å². The highest BCUT2D eigenvalue weighted by Gasteiger charge is 2.30. The molecule has 0 spiro atoms. The molecule has 2 heterocycles. The molecule has 2 aromatic carbocycles. The summed E-state index contributed by atoms with van der Waals surface area (Å²) in [5, 5.41) is 3.00. The molecule has 3 aromatic rings. The molecule has 0 unspecified atom stereocenters. The molecule has 1 amide bonds. The predicted octanol–water partition coefficient (Wildman–Crippen LogP) is 1.76. The molecule has 9 nitrogen and oxygen atoms in total. The Balaban J connectivity index is 1.49. The lowest BCUT2D eigenvalue weighted by Crippen LogP contribution is -2.31. The van der Waals surface area contributed by atoms with Gasteiger partial charge in [0.15, 0.2) is 0 Å². The molecule has 32 heavy (non-hydrogen) atoms. The van der Waals surface area contributed by atoms with E-state index in [2.05, 4.69) is 20.0 Å². The van der Waals surface area contributed by atoms with Crippen LogP contribution in [0, 0.1) is 0 Å². The lowest BCUT2D eigenvalue weighted by molar-refractivity contribution is -0.121. The molecule has 1 atom stereocenters.